The summed E-state index contributed by atoms with van der Waals surface area (Å²) in [6.45, 7) is 2.29. The Bertz CT molecular complexity index is 490. The smallest absolute Gasteiger partial charge is 0.119 e. The second-order valence-electron chi connectivity index (χ2n) is 5.06. The van der Waals surface area contributed by atoms with Gasteiger partial charge >= 0.3 is 0 Å². The maximum absolute atomic E-state index is 5.28. The number of methoxy groups -OCH3 is 1. The van der Waals surface area contributed by atoms with Gasteiger partial charge in [0.25, 0.3) is 0 Å². The molecule has 2 aromatic rings. The van der Waals surface area contributed by atoms with Gasteiger partial charge in [0.15, 0.2) is 0 Å². The van der Waals surface area contributed by atoms with Gasteiger partial charge in [-0.1, -0.05) is 49.4 Å². The first-order chi connectivity index (χ1) is 9.29. The summed E-state index contributed by atoms with van der Waals surface area (Å²) in [6.07, 6.45) is 3.60. The highest BCUT2D eigenvalue weighted by atomic mass is 16.5. The third kappa shape index (κ3) is 4.13. The van der Waals surface area contributed by atoms with E-state index in [2.05, 4.69) is 55.5 Å². The van der Waals surface area contributed by atoms with Crippen molar-refractivity contribution in [2.45, 2.75) is 32.1 Å². The van der Waals surface area contributed by atoms with Crippen molar-refractivity contribution < 1.29 is 4.74 Å². The molecular weight excluding hydrogens is 232 g/mol. The van der Waals surface area contributed by atoms with Crippen molar-refractivity contribution in [3.63, 3.8) is 0 Å². The summed E-state index contributed by atoms with van der Waals surface area (Å²) in [6, 6.07) is 19.1. The molecule has 2 aromatic carbocycles. The lowest BCUT2D eigenvalue weighted by molar-refractivity contribution is 0.413. The van der Waals surface area contributed by atoms with Gasteiger partial charge in [-0.3, -0.25) is 0 Å². The molecule has 0 aliphatic rings. The number of aryl methyl sites for hydroxylation is 1. The van der Waals surface area contributed by atoms with Crippen molar-refractivity contribution in [3.8, 4) is 5.75 Å². The second-order valence-corrected chi connectivity index (χ2v) is 5.06. The highest BCUT2D eigenvalue weighted by molar-refractivity contribution is 5.30. The van der Waals surface area contributed by atoms with Gasteiger partial charge < -0.3 is 4.74 Å². The zero-order valence-corrected chi connectivity index (χ0v) is 11.8. The van der Waals surface area contributed by atoms with Gasteiger partial charge in [0.2, 0.25) is 0 Å². The third-order valence-corrected chi connectivity index (χ3v) is 3.61. The Morgan fingerprint density at radius 1 is 1.00 bits per heavy atom. The molecule has 0 spiro atoms. The van der Waals surface area contributed by atoms with E-state index < -0.39 is 0 Å². The van der Waals surface area contributed by atoms with Crippen molar-refractivity contribution >= 4 is 0 Å². The fourth-order valence-electron chi connectivity index (χ4n) is 2.37. The molecule has 0 fully saturated rings. The molecule has 1 atom stereocenters. The number of hydrogen-bond acceptors (Lipinski definition) is 1. The van der Waals surface area contributed by atoms with E-state index in [9.17, 15) is 0 Å². The van der Waals surface area contributed by atoms with Crippen LogP contribution >= 0.6 is 0 Å². The van der Waals surface area contributed by atoms with E-state index in [1.807, 2.05) is 6.07 Å². The molecule has 0 bridgehead atoms. The number of rotatable bonds is 6. The summed E-state index contributed by atoms with van der Waals surface area (Å²) < 4.78 is 5.28. The van der Waals surface area contributed by atoms with Gasteiger partial charge in [0.05, 0.1) is 7.11 Å². The Morgan fingerprint density at radius 3 is 2.53 bits per heavy atom. The molecule has 0 radical (unpaired) electrons. The second kappa shape index (κ2) is 6.98. The molecule has 0 aliphatic heterocycles. The summed E-state index contributed by atoms with van der Waals surface area (Å²) in [5.74, 6) is 1.53. The zero-order chi connectivity index (χ0) is 13.5. The maximum atomic E-state index is 5.28. The first-order valence-electron chi connectivity index (χ1n) is 6.97. The van der Waals surface area contributed by atoms with Gasteiger partial charge in [-0.2, -0.15) is 0 Å². The van der Waals surface area contributed by atoms with Crippen LogP contribution in [0.3, 0.4) is 0 Å². The van der Waals surface area contributed by atoms with Crippen LogP contribution in [-0.2, 0) is 6.42 Å². The molecular formula is C18H22O. The lowest BCUT2D eigenvalue weighted by atomic mass is 9.94. The van der Waals surface area contributed by atoms with Gasteiger partial charge in [0.1, 0.15) is 5.75 Å². The van der Waals surface area contributed by atoms with Gasteiger partial charge in [0, 0.05) is 0 Å². The summed E-state index contributed by atoms with van der Waals surface area (Å²) in [4.78, 5) is 0. The summed E-state index contributed by atoms with van der Waals surface area (Å²) in [5, 5.41) is 0. The van der Waals surface area contributed by atoms with Crippen molar-refractivity contribution in [2.75, 3.05) is 7.11 Å². The summed E-state index contributed by atoms with van der Waals surface area (Å²) >= 11 is 0. The normalized spacial score (nSPS) is 12.1. The number of ether oxygens (including phenoxy) is 1. The minimum atomic E-state index is 0.582. The predicted octanol–water partition coefficient (Wildman–Crippen LogP) is 4.82. The average Bonchev–Trinajstić information content (AvgIpc) is 2.48. The fraction of sp³-hybridized carbons (Fsp3) is 0.333. The Labute approximate surface area is 116 Å². The van der Waals surface area contributed by atoms with E-state index in [4.69, 9.17) is 4.74 Å². The highest BCUT2D eigenvalue weighted by Crippen LogP contribution is 2.24. The molecule has 0 aliphatic carbocycles. The SMILES string of the molecule is COc1cccc(C(C)CCCc2ccccc2)c1. The third-order valence-electron chi connectivity index (χ3n) is 3.61. The largest absolute Gasteiger partial charge is 0.497 e. The minimum Gasteiger partial charge on any atom is -0.497 e. The van der Waals surface area contributed by atoms with Crippen LogP contribution in [0, 0.1) is 0 Å². The number of hydrogen-bond donors (Lipinski definition) is 0. The topological polar surface area (TPSA) is 9.23 Å². The van der Waals surface area contributed by atoms with Gasteiger partial charge in [-0.25, -0.2) is 0 Å². The fourth-order valence-corrected chi connectivity index (χ4v) is 2.37. The van der Waals surface area contributed by atoms with E-state index in [1.54, 1.807) is 7.11 Å². The van der Waals surface area contributed by atoms with Crippen LogP contribution in [0.25, 0.3) is 0 Å². The van der Waals surface area contributed by atoms with Crippen LogP contribution in [0.5, 0.6) is 5.75 Å². The monoisotopic (exact) mass is 254 g/mol. The van der Waals surface area contributed by atoms with Gasteiger partial charge in [-0.15, -0.1) is 0 Å². The molecule has 1 heteroatoms. The molecule has 19 heavy (non-hydrogen) atoms. The Morgan fingerprint density at radius 2 is 1.79 bits per heavy atom. The molecule has 0 N–H and O–H groups in total. The first-order valence-corrected chi connectivity index (χ1v) is 6.97. The van der Waals surface area contributed by atoms with Crippen LogP contribution in [0.2, 0.25) is 0 Å². The maximum Gasteiger partial charge on any atom is 0.119 e. The minimum absolute atomic E-state index is 0.582. The summed E-state index contributed by atoms with van der Waals surface area (Å²) in [5.41, 5.74) is 2.80. The predicted molar refractivity (Wildman–Crippen MR) is 80.8 cm³/mol. The Kier molecular flexibility index (Phi) is 5.02. The molecule has 2 rings (SSSR count). The quantitative estimate of drug-likeness (QED) is 0.718. The van der Waals surface area contributed by atoms with Crippen LogP contribution < -0.4 is 4.74 Å². The average molecular weight is 254 g/mol. The molecule has 100 valence electrons. The van der Waals surface area contributed by atoms with E-state index in [0.29, 0.717) is 5.92 Å². The molecule has 0 saturated heterocycles. The molecule has 0 aromatic heterocycles. The Hall–Kier alpha value is -1.76. The molecule has 1 nitrogen and oxygen atoms in total. The van der Waals surface area contributed by atoms with E-state index >= 15 is 0 Å². The molecule has 0 amide bonds. The van der Waals surface area contributed by atoms with Crippen molar-refractivity contribution in [1.82, 2.24) is 0 Å². The van der Waals surface area contributed by atoms with E-state index in [0.717, 1.165) is 12.2 Å². The lowest BCUT2D eigenvalue weighted by Gasteiger charge is -2.13. The molecule has 1 unspecified atom stereocenters. The van der Waals surface area contributed by atoms with Gasteiger partial charge in [-0.05, 0) is 48.4 Å². The van der Waals surface area contributed by atoms with Crippen molar-refractivity contribution in [2.24, 2.45) is 0 Å². The van der Waals surface area contributed by atoms with E-state index in [-0.39, 0.29) is 0 Å². The van der Waals surface area contributed by atoms with Crippen molar-refractivity contribution in [3.05, 3.63) is 65.7 Å². The van der Waals surface area contributed by atoms with E-state index in [1.165, 1.54) is 24.0 Å². The molecule has 0 saturated carbocycles. The lowest BCUT2D eigenvalue weighted by Crippen LogP contribution is -1.96. The Balaban J connectivity index is 1.85. The van der Waals surface area contributed by atoms with Crippen LogP contribution in [0.4, 0.5) is 0 Å². The molecule has 0 heterocycles. The van der Waals surface area contributed by atoms with Crippen LogP contribution in [0.1, 0.15) is 36.8 Å². The highest BCUT2D eigenvalue weighted by Gasteiger charge is 2.06. The summed E-state index contributed by atoms with van der Waals surface area (Å²) in [7, 11) is 1.72. The van der Waals surface area contributed by atoms with Crippen molar-refractivity contribution in [1.29, 1.82) is 0 Å². The zero-order valence-electron chi connectivity index (χ0n) is 11.8. The van der Waals surface area contributed by atoms with Crippen LogP contribution in [-0.4, -0.2) is 7.11 Å². The van der Waals surface area contributed by atoms with Crippen LogP contribution in [0.15, 0.2) is 54.6 Å². The first kappa shape index (κ1) is 13.7. The standard InChI is InChI=1S/C18H22O/c1-15(17-12-7-13-18(14-17)19-2)8-6-11-16-9-4-3-5-10-16/h3-5,7,9-10,12-15H,6,8,11H2,1-2H3. The number of benzene rings is 2.